The number of hydrogen-bond donors (Lipinski definition) is 2. The second kappa shape index (κ2) is 3.96. The van der Waals surface area contributed by atoms with Crippen molar-refractivity contribution in [3.63, 3.8) is 0 Å². The minimum absolute atomic E-state index is 0.260. The van der Waals surface area contributed by atoms with Crippen LogP contribution in [0.15, 0.2) is 18.2 Å². The lowest BCUT2D eigenvalue weighted by Gasteiger charge is -2.19. The lowest BCUT2D eigenvalue weighted by atomic mass is 9.92. The van der Waals surface area contributed by atoms with Crippen molar-refractivity contribution in [1.82, 2.24) is 0 Å². The van der Waals surface area contributed by atoms with Crippen molar-refractivity contribution < 1.29 is 4.39 Å². The molecule has 1 aromatic rings. The fourth-order valence-corrected chi connectivity index (χ4v) is 2.43. The number of nitrogens with two attached hydrogens (primary N) is 1. The summed E-state index contributed by atoms with van der Waals surface area (Å²) in [6.45, 7) is 4.52. The van der Waals surface area contributed by atoms with Crippen LogP contribution in [0, 0.1) is 11.2 Å². The topological polar surface area (TPSA) is 38.0 Å². The van der Waals surface area contributed by atoms with E-state index in [0.717, 1.165) is 12.8 Å². The molecule has 1 fully saturated rings. The van der Waals surface area contributed by atoms with Gasteiger partial charge in [-0.25, -0.2) is 4.39 Å². The van der Waals surface area contributed by atoms with E-state index in [4.69, 9.17) is 5.73 Å². The van der Waals surface area contributed by atoms with Gasteiger partial charge in [0.15, 0.2) is 0 Å². The van der Waals surface area contributed by atoms with E-state index in [2.05, 4.69) is 19.2 Å². The lowest BCUT2D eigenvalue weighted by Crippen LogP contribution is -2.18. The fourth-order valence-electron chi connectivity index (χ4n) is 2.43. The Bertz CT molecular complexity index is 388. The van der Waals surface area contributed by atoms with Crippen LogP contribution in [0.2, 0.25) is 0 Å². The Kier molecular flexibility index (Phi) is 2.78. The Hall–Kier alpha value is -1.25. The van der Waals surface area contributed by atoms with Crippen molar-refractivity contribution >= 4 is 11.4 Å². The first-order valence-corrected chi connectivity index (χ1v) is 5.78. The Morgan fingerprint density at radius 3 is 2.75 bits per heavy atom. The summed E-state index contributed by atoms with van der Waals surface area (Å²) in [5.41, 5.74) is 6.92. The molecule has 0 aromatic heterocycles. The maximum Gasteiger partial charge on any atom is 0.148 e. The van der Waals surface area contributed by atoms with Crippen LogP contribution in [0.1, 0.15) is 33.1 Å². The molecular weight excluding hydrogens is 203 g/mol. The van der Waals surface area contributed by atoms with Gasteiger partial charge < -0.3 is 11.1 Å². The molecule has 1 atom stereocenters. The molecule has 0 saturated heterocycles. The predicted octanol–water partition coefficient (Wildman–Crippen LogP) is 3.40. The summed E-state index contributed by atoms with van der Waals surface area (Å²) in [6, 6.07) is 5.19. The molecule has 0 heterocycles. The first-order valence-electron chi connectivity index (χ1n) is 5.78. The zero-order valence-electron chi connectivity index (χ0n) is 9.89. The third-order valence-corrected chi connectivity index (χ3v) is 3.32. The van der Waals surface area contributed by atoms with Crippen molar-refractivity contribution in [3.8, 4) is 0 Å². The summed E-state index contributed by atoms with van der Waals surface area (Å²) < 4.78 is 13.6. The van der Waals surface area contributed by atoms with Crippen LogP contribution < -0.4 is 11.1 Å². The first-order chi connectivity index (χ1) is 7.46. The van der Waals surface area contributed by atoms with Gasteiger partial charge in [-0.3, -0.25) is 0 Å². The minimum atomic E-state index is -0.260. The van der Waals surface area contributed by atoms with Crippen molar-refractivity contribution in [1.29, 1.82) is 0 Å². The predicted molar refractivity (Wildman–Crippen MR) is 65.9 cm³/mol. The molecule has 0 bridgehead atoms. The first kappa shape index (κ1) is 11.2. The van der Waals surface area contributed by atoms with Crippen LogP contribution in [-0.4, -0.2) is 6.04 Å². The number of nitrogen functional groups attached to an aromatic ring is 1. The third kappa shape index (κ3) is 2.46. The van der Waals surface area contributed by atoms with Crippen molar-refractivity contribution in [2.75, 3.05) is 11.1 Å². The number of rotatable bonds is 2. The number of halogens is 1. The van der Waals surface area contributed by atoms with E-state index in [1.165, 1.54) is 12.5 Å². The smallest absolute Gasteiger partial charge is 0.148 e. The molecule has 1 saturated carbocycles. The maximum absolute atomic E-state index is 13.6. The van der Waals surface area contributed by atoms with Gasteiger partial charge in [-0.2, -0.15) is 0 Å². The molecule has 2 rings (SSSR count). The van der Waals surface area contributed by atoms with Crippen LogP contribution in [0.25, 0.3) is 0 Å². The number of anilines is 2. The molecule has 0 aliphatic heterocycles. The largest absolute Gasteiger partial charge is 0.399 e. The Labute approximate surface area is 96.0 Å². The Morgan fingerprint density at radius 1 is 1.44 bits per heavy atom. The summed E-state index contributed by atoms with van der Waals surface area (Å²) >= 11 is 0. The Balaban J connectivity index is 2.05. The van der Waals surface area contributed by atoms with Gasteiger partial charge in [0.25, 0.3) is 0 Å². The van der Waals surface area contributed by atoms with Crippen LogP contribution in [0.5, 0.6) is 0 Å². The van der Waals surface area contributed by atoms with Gasteiger partial charge in [0, 0.05) is 11.7 Å². The van der Waals surface area contributed by atoms with Crippen LogP contribution in [0.4, 0.5) is 15.8 Å². The van der Waals surface area contributed by atoms with E-state index in [1.54, 1.807) is 12.1 Å². The molecule has 88 valence electrons. The molecule has 1 aliphatic carbocycles. The average molecular weight is 222 g/mol. The lowest BCUT2D eigenvalue weighted by molar-refractivity contribution is 0.378. The van der Waals surface area contributed by atoms with Crippen LogP contribution in [0.3, 0.4) is 0 Å². The normalized spacial score (nSPS) is 23.3. The summed E-state index contributed by atoms with van der Waals surface area (Å²) in [5.74, 6) is -0.260. The van der Waals surface area contributed by atoms with Crippen molar-refractivity contribution in [3.05, 3.63) is 24.0 Å². The number of nitrogens with one attached hydrogen (secondary N) is 1. The van der Waals surface area contributed by atoms with Crippen LogP contribution in [-0.2, 0) is 0 Å². The van der Waals surface area contributed by atoms with Gasteiger partial charge >= 0.3 is 0 Å². The van der Waals surface area contributed by atoms with Gasteiger partial charge in [-0.15, -0.1) is 0 Å². The molecule has 1 aromatic carbocycles. The summed E-state index contributed by atoms with van der Waals surface area (Å²) in [6.07, 6.45) is 3.40. The highest BCUT2D eigenvalue weighted by atomic mass is 19.1. The van der Waals surface area contributed by atoms with Gasteiger partial charge in [0.2, 0.25) is 0 Å². The number of benzene rings is 1. The van der Waals surface area contributed by atoms with E-state index in [9.17, 15) is 4.39 Å². The highest BCUT2D eigenvalue weighted by molar-refractivity contribution is 5.53. The summed E-state index contributed by atoms with van der Waals surface area (Å²) in [7, 11) is 0. The van der Waals surface area contributed by atoms with Gasteiger partial charge in [-0.05, 0) is 42.9 Å². The van der Waals surface area contributed by atoms with E-state index < -0.39 is 0 Å². The zero-order chi connectivity index (χ0) is 11.8. The van der Waals surface area contributed by atoms with E-state index in [-0.39, 0.29) is 5.82 Å². The summed E-state index contributed by atoms with van der Waals surface area (Å²) in [4.78, 5) is 0. The SMILES string of the molecule is CC1(C)CCC(Nc2ccc(N)cc2F)C1. The molecule has 3 N–H and O–H groups in total. The van der Waals surface area contributed by atoms with Gasteiger partial charge in [0.1, 0.15) is 5.82 Å². The standard InChI is InChI=1S/C13H19FN2/c1-13(2)6-5-10(8-13)16-12-4-3-9(15)7-11(12)14/h3-4,7,10,16H,5-6,8,15H2,1-2H3. The monoisotopic (exact) mass is 222 g/mol. The number of hydrogen-bond acceptors (Lipinski definition) is 2. The molecule has 0 radical (unpaired) electrons. The minimum Gasteiger partial charge on any atom is -0.399 e. The zero-order valence-corrected chi connectivity index (χ0v) is 9.89. The van der Waals surface area contributed by atoms with Crippen LogP contribution >= 0.6 is 0 Å². The molecule has 1 unspecified atom stereocenters. The Morgan fingerprint density at radius 2 is 2.19 bits per heavy atom. The molecule has 16 heavy (non-hydrogen) atoms. The third-order valence-electron chi connectivity index (χ3n) is 3.32. The highest BCUT2D eigenvalue weighted by Gasteiger charge is 2.30. The van der Waals surface area contributed by atoms with E-state index in [1.807, 2.05) is 0 Å². The maximum atomic E-state index is 13.6. The van der Waals surface area contributed by atoms with Gasteiger partial charge in [-0.1, -0.05) is 13.8 Å². The molecule has 2 nitrogen and oxygen atoms in total. The van der Waals surface area contributed by atoms with E-state index in [0.29, 0.717) is 22.8 Å². The quantitative estimate of drug-likeness (QED) is 0.753. The molecule has 0 amide bonds. The highest BCUT2D eigenvalue weighted by Crippen LogP contribution is 2.38. The molecular formula is C13H19FN2. The van der Waals surface area contributed by atoms with Gasteiger partial charge in [0.05, 0.1) is 5.69 Å². The molecule has 1 aliphatic rings. The summed E-state index contributed by atoms with van der Waals surface area (Å²) in [5, 5.41) is 3.26. The fraction of sp³-hybridized carbons (Fsp3) is 0.538. The second-order valence-corrected chi connectivity index (χ2v) is 5.49. The average Bonchev–Trinajstić information content (AvgIpc) is 2.51. The molecule has 3 heteroatoms. The molecule has 0 spiro atoms. The van der Waals surface area contributed by atoms with E-state index >= 15 is 0 Å². The second-order valence-electron chi connectivity index (χ2n) is 5.49. The van der Waals surface area contributed by atoms with Crippen molar-refractivity contribution in [2.45, 2.75) is 39.2 Å². The van der Waals surface area contributed by atoms with Crippen molar-refractivity contribution in [2.24, 2.45) is 5.41 Å².